The van der Waals surface area contributed by atoms with E-state index in [0.717, 1.165) is 0 Å². The Kier molecular flexibility index (Phi) is 2.56. The normalized spacial score (nSPS) is 24.2. The van der Waals surface area contributed by atoms with Crippen LogP contribution in [0.5, 0.6) is 0 Å². The second-order valence-corrected chi connectivity index (χ2v) is 4.41. The fourth-order valence-electron chi connectivity index (χ4n) is 1.62. The number of hydrogen-bond acceptors (Lipinski definition) is 3. The van der Waals surface area contributed by atoms with Crippen LogP contribution in [-0.2, 0) is 10.3 Å². The van der Waals surface area contributed by atoms with Gasteiger partial charge < -0.3 is 5.73 Å². The molecule has 1 aliphatic rings. The maximum absolute atomic E-state index is 11.8. The molecular weight excluding hydrogens is 249 g/mol. The number of benzene rings is 1. The number of carbonyl (C=O) groups excluding carboxylic acids is 1. The van der Waals surface area contributed by atoms with Crippen molar-refractivity contribution >= 4 is 35.1 Å². The van der Waals surface area contributed by atoms with Crippen LogP contribution in [0.3, 0.4) is 0 Å². The fourth-order valence-corrected chi connectivity index (χ4v) is 2.10. The van der Waals surface area contributed by atoms with E-state index in [-0.39, 0.29) is 11.9 Å². The minimum atomic E-state index is -1.11. The third kappa shape index (κ3) is 1.54. The van der Waals surface area contributed by atoms with E-state index in [9.17, 15) is 4.79 Å². The monoisotopic (exact) mass is 257 g/mol. The molecule has 84 valence electrons. The molecule has 0 saturated carbocycles. The van der Waals surface area contributed by atoms with Crippen molar-refractivity contribution in [3.63, 3.8) is 0 Å². The predicted molar refractivity (Wildman–Crippen MR) is 63.6 cm³/mol. The number of halogens is 2. The molecule has 0 saturated heterocycles. The molecule has 1 aliphatic heterocycles. The van der Waals surface area contributed by atoms with Crippen LogP contribution in [0.4, 0.5) is 0 Å². The van der Waals surface area contributed by atoms with Crippen molar-refractivity contribution in [1.82, 2.24) is 5.32 Å². The third-order valence-electron chi connectivity index (χ3n) is 2.50. The van der Waals surface area contributed by atoms with Crippen molar-refractivity contribution < 1.29 is 4.79 Å². The molecule has 1 unspecified atom stereocenters. The number of nitrogens with one attached hydrogen (secondary N) is 1. The van der Waals surface area contributed by atoms with Crippen LogP contribution in [0.1, 0.15) is 12.5 Å². The molecule has 0 aliphatic carbocycles. The summed E-state index contributed by atoms with van der Waals surface area (Å²) in [5.74, 6) is -0.224. The zero-order valence-electron chi connectivity index (χ0n) is 8.42. The van der Waals surface area contributed by atoms with Gasteiger partial charge in [0, 0.05) is 5.56 Å². The van der Waals surface area contributed by atoms with E-state index in [1.807, 2.05) is 0 Å². The smallest absolute Gasteiger partial charge is 0.259 e. The lowest BCUT2D eigenvalue weighted by Crippen LogP contribution is -2.37. The van der Waals surface area contributed by atoms with Gasteiger partial charge in [-0.25, -0.2) is 4.99 Å². The molecule has 1 amide bonds. The summed E-state index contributed by atoms with van der Waals surface area (Å²) in [6.07, 6.45) is 0. The van der Waals surface area contributed by atoms with Crippen LogP contribution in [-0.4, -0.2) is 11.9 Å². The molecule has 6 heteroatoms. The molecule has 3 N–H and O–H groups in total. The van der Waals surface area contributed by atoms with E-state index in [0.29, 0.717) is 15.6 Å². The number of aliphatic imine (C=N–C) groups is 1. The molecule has 0 fully saturated rings. The SMILES string of the molecule is CC1(c2cccc(Cl)c2Cl)N=C(N)NC1=O. The van der Waals surface area contributed by atoms with E-state index in [4.69, 9.17) is 28.9 Å². The minimum Gasteiger partial charge on any atom is -0.370 e. The molecule has 0 bridgehead atoms. The van der Waals surface area contributed by atoms with Crippen molar-refractivity contribution in [2.75, 3.05) is 0 Å². The second kappa shape index (κ2) is 3.64. The third-order valence-corrected chi connectivity index (χ3v) is 3.32. The Labute approximate surface area is 102 Å². The van der Waals surface area contributed by atoms with Crippen molar-refractivity contribution in [3.05, 3.63) is 33.8 Å². The quantitative estimate of drug-likeness (QED) is 0.804. The summed E-state index contributed by atoms with van der Waals surface area (Å²) in [6, 6.07) is 5.07. The van der Waals surface area contributed by atoms with Gasteiger partial charge in [-0.05, 0) is 13.0 Å². The summed E-state index contributed by atoms with van der Waals surface area (Å²) >= 11 is 11.9. The maximum Gasteiger partial charge on any atom is 0.259 e. The van der Waals surface area contributed by atoms with Crippen LogP contribution < -0.4 is 11.1 Å². The Morgan fingerprint density at radius 2 is 2.12 bits per heavy atom. The maximum atomic E-state index is 11.8. The molecular formula is C10H9Cl2N3O. The van der Waals surface area contributed by atoms with Crippen LogP contribution in [0.25, 0.3) is 0 Å². The summed E-state index contributed by atoms with van der Waals surface area (Å²) in [5, 5.41) is 3.14. The fraction of sp³-hybridized carbons (Fsp3) is 0.200. The van der Waals surface area contributed by atoms with E-state index in [2.05, 4.69) is 10.3 Å². The van der Waals surface area contributed by atoms with Gasteiger partial charge in [-0.1, -0.05) is 35.3 Å². The van der Waals surface area contributed by atoms with Gasteiger partial charge >= 0.3 is 0 Å². The molecule has 1 atom stereocenters. The van der Waals surface area contributed by atoms with Gasteiger partial charge in [-0.3, -0.25) is 10.1 Å². The first-order chi connectivity index (χ1) is 7.45. The number of nitrogens with two attached hydrogens (primary N) is 1. The summed E-state index contributed by atoms with van der Waals surface area (Å²) in [4.78, 5) is 15.8. The summed E-state index contributed by atoms with van der Waals surface area (Å²) in [5.41, 5.74) is 4.90. The highest BCUT2D eigenvalue weighted by Gasteiger charge is 2.41. The van der Waals surface area contributed by atoms with Crippen molar-refractivity contribution in [2.45, 2.75) is 12.5 Å². The van der Waals surface area contributed by atoms with E-state index < -0.39 is 5.54 Å². The number of guanidine groups is 1. The number of nitrogens with zero attached hydrogens (tertiary/aromatic N) is 1. The van der Waals surface area contributed by atoms with Gasteiger partial charge in [0.05, 0.1) is 10.0 Å². The van der Waals surface area contributed by atoms with Gasteiger partial charge in [0.25, 0.3) is 5.91 Å². The zero-order valence-corrected chi connectivity index (χ0v) is 9.93. The molecule has 0 radical (unpaired) electrons. The van der Waals surface area contributed by atoms with Crippen molar-refractivity contribution in [3.8, 4) is 0 Å². The average Bonchev–Trinajstić information content (AvgIpc) is 2.46. The molecule has 2 rings (SSSR count). The largest absolute Gasteiger partial charge is 0.370 e. The zero-order chi connectivity index (χ0) is 11.9. The Hall–Kier alpha value is -1.26. The number of hydrogen-bond donors (Lipinski definition) is 2. The highest BCUT2D eigenvalue weighted by molar-refractivity contribution is 6.42. The van der Waals surface area contributed by atoms with Crippen LogP contribution >= 0.6 is 23.2 Å². The van der Waals surface area contributed by atoms with Crippen LogP contribution in [0.2, 0.25) is 10.0 Å². The molecule has 1 aromatic carbocycles. The number of carbonyl (C=O) groups is 1. The van der Waals surface area contributed by atoms with E-state index >= 15 is 0 Å². The molecule has 1 heterocycles. The predicted octanol–water partition coefficient (Wildman–Crippen LogP) is 1.65. The van der Waals surface area contributed by atoms with Gasteiger partial charge in [-0.2, -0.15) is 0 Å². The summed E-state index contributed by atoms with van der Waals surface area (Å²) in [7, 11) is 0. The number of rotatable bonds is 1. The molecule has 1 aromatic rings. The van der Waals surface area contributed by atoms with Crippen LogP contribution in [0.15, 0.2) is 23.2 Å². The Morgan fingerprint density at radius 3 is 2.69 bits per heavy atom. The average molecular weight is 258 g/mol. The number of amides is 1. The summed E-state index contributed by atoms with van der Waals surface area (Å²) in [6.45, 7) is 1.64. The first-order valence-corrected chi connectivity index (χ1v) is 5.32. The van der Waals surface area contributed by atoms with Crippen molar-refractivity contribution in [1.29, 1.82) is 0 Å². The molecule has 0 aromatic heterocycles. The standard InChI is InChI=1S/C10H9Cl2N3O/c1-10(8(16)14-9(13)15-10)5-3-2-4-6(11)7(5)12/h2-4H,1H3,(H3,13,14,15,16). The highest BCUT2D eigenvalue weighted by Crippen LogP contribution is 2.37. The second-order valence-electron chi connectivity index (χ2n) is 3.62. The van der Waals surface area contributed by atoms with Gasteiger partial charge in [0.15, 0.2) is 11.5 Å². The molecule has 0 spiro atoms. The summed E-state index contributed by atoms with van der Waals surface area (Å²) < 4.78 is 0. The van der Waals surface area contributed by atoms with E-state index in [1.54, 1.807) is 25.1 Å². The topological polar surface area (TPSA) is 67.5 Å². The highest BCUT2D eigenvalue weighted by atomic mass is 35.5. The Bertz CT molecular complexity index is 501. The van der Waals surface area contributed by atoms with Gasteiger partial charge in [0.2, 0.25) is 0 Å². The minimum absolute atomic E-state index is 0.0866. The van der Waals surface area contributed by atoms with Crippen molar-refractivity contribution in [2.24, 2.45) is 10.7 Å². The first kappa shape index (κ1) is 11.2. The van der Waals surface area contributed by atoms with Crippen LogP contribution in [0, 0.1) is 0 Å². The van der Waals surface area contributed by atoms with Gasteiger partial charge in [0.1, 0.15) is 0 Å². The Balaban J connectivity index is 2.60. The lowest BCUT2D eigenvalue weighted by molar-refractivity contribution is -0.123. The molecule has 16 heavy (non-hydrogen) atoms. The Morgan fingerprint density at radius 1 is 1.44 bits per heavy atom. The molecule has 4 nitrogen and oxygen atoms in total. The van der Waals surface area contributed by atoms with Gasteiger partial charge in [-0.15, -0.1) is 0 Å². The first-order valence-electron chi connectivity index (χ1n) is 4.56. The van der Waals surface area contributed by atoms with E-state index in [1.165, 1.54) is 0 Å². The lowest BCUT2D eigenvalue weighted by Gasteiger charge is -2.19. The lowest BCUT2D eigenvalue weighted by atomic mass is 9.92.